The molecule has 0 saturated carbocycles. The Kier molecular flexibility index (Phi) is 1.62. The van der Waals surface area contributed by atoms with Gasteiger partial charge < -0.3 is 5.11 Å². The molecule has 0 fully saturated rings. The molecule has 0 amide bonds. The third kappa shape index (κ3) is 1.20. The lowest BCUT2D eigenvalue weighted by atomic mass is 10.2. The van der Waals surface area contributed by atoms with Crippen molar-refractivity contribution < 1.29 is 19.3 Å². The fourth-order valence-electron chi connectivity index (χ4n) is 1.46. The minimum atomic E-state index is -0.963. The first-order chi connectivity index (χ1) is 6.18. The predicted octanol–water partition coefficient (Wildman–Crippen LogP) is 0.259. The lowest BCUT2D eigenvalue weighted by Gasteiger charge is -1.93. The van der Waals surface area contributed by atoms with Gasteiger partial charge in [-0.1, -0.05) is 0 Å². The zero-order valence-corrected chi connectivity index (χ0v) is 6.86. The van der Waals surface area contributed by atoms with Gasteiger partial charge in [0.1, 0.15) is 5.56 Å². The molecule has 66 valence electrons. The Bertz CT molecular complexity index is 398. The van der Waals surface area contributed by atoms with E-state index in [0.717, 1.165) is 0 Å². The monoisotopic (exact) mass is 178 g/mol. The molecule has 13 heavy (non-hydrogen) atoms. The first-order valence-corrected chi connectivity index (χ1v) is 3.98. The number of fused-ring (bicyclic) bond motifs is 1. The van der Waals surface area contributed by atoms with Gasteiger partial charge in [-0.05, 0) is 6.07 Å². The van der Waals surface area contributed by atoms with E-state index >= 15 is 0 Å². The minimum Gasteiger partial charge on any atom is -0.477 e. The van der Waals surface area contributed by atoms with Crippen LogP contribution in [0.1, 0.15) is 27.3 Å². The largest absolute Gasteiger partial charge is 0.477 e. The summed E-state index contributed by atoms with van der Waals surface area (Å²) in [5, 5.41) is 8.68. The summed E-state index contributed by atoms with van der Waals surface area (Å²) in [6, 6.07) is 3.02. The number of carbonyl (C=O) groups excluding carboxylic acids is 1. The van der Waals surface area contributed by atoms with E-state index in [1.54, 1.807) is 10.6 Å². The maximum absolute atomic E-state index is 11.2. The van der Waals surface area contributed by atoms with Crippen LogP contribution in [0.2, 0.25) is 0 Å². The topological polar surface area (TPSA) is 58.2 Å². The van der Waals surface area contributed by atoms with Crippen molar-refractivity contribution in [3.63, 3.8) is 0 Å². The summed E-state index contributed by atoms with van der Waals surface area (Å²) in [6.45, 7) is 0.593. The van der Waals surface area contributed by atoms with Crippen LogP contribution >= 0.6 is 0 Å². The molecule has 1 aromatic rings. The summed E-state index contributed by atoms with van der Waals surface area (Å²) >= 11 is 0. The van der Waals surface area contributed by atoms with Crippen molar-refractivity contribution in [2.45, 2.75) is 13.0 Å². The van der Waals surface area contributed by atoms with Gasteiger partial charge in [-0.25, -0.2) is 4.79 Å². The molecule has 2 heterocycles. The van der Waals surface area contributed by atoms with Crippen molar-refractivity contribution in [3.8, 4) is 0 Å². The molecule has 1 aromatic heterocycles. The highest BCUT2D eigenvalue weighted by Crippen LogP contribution is 2.07. The summed E-state index contributed by atoms with van der Waals surface area (Å²) in [4.78, 5) is 21.8. The van der Waals surface area contributed by atoms with Crippen LogP contribution in [0.5, 0.6) is 0 Å². The van der Waals surface area contributed by atoms with E-state index in [1.807, 2.05) is 0 Å². The molecule has 0 saturated heterocycles. The molecule has 0 radical (unpaired) electrons. The second-order valence-corrected chi connectivity index (χ2v) is 2.97. The number of carboxylic acids is 1. The smallest absolute Gasteiger partial charge is 0.341 e. The Balaban J connectivity index is 2.51. The van der Waals surface area contributed by atoms with Crippen LogP contribution in [0, 0.1) is 0 Å². The molecule has 0 spiro atoms. The van der Waals surface area contributed by atoms with Crippen LogP contribution in [0.25, 0.3) is 0 Å². The fraction of sp³-hybridized carbons (Fsp3) is 0.222. The average Bonchev–Trinajstić information content (AvgIpc) is 2.47. The molecular weight excluding hydrogens is 170 g/mol. The molecule has 2 rings (SSSR count). The Morgan fingerprint density at radius 2 is 2.23 bits per heavy atom. The zero-order chi connectivity index (χ0) is 9.42. The number of carbonyl (C=O) groups is 2. The van der Waals surface area contributed by atoms with Crippen LogP contribution in [0.4, 0.5) is 0 Å². The number of carboxylic acid groups (broad SMARTS) is 1. The van der Waals surface area contributed by atoms with Gasteiger partial charge in [0, 0.05) is 6.07 Å². The van der Waals surface area contributed by atoms with E-state index in [1.165, 1.54) is 12.3 Å². The van der Waals surface area contributed by atoms with Crippen LogP contribution in [-0.2, 0) is 6.54 Å². The summed E-state index contributed by atoms with van der Waals surface area (Å²) < 4.78 is 1.69. The molecule has 1 aliphatic heterocycles. The molecule has 0 aliphatic carbocycles. The van der Waals surface area contributed by atoms with Crippen molar-refractivity contribution in [3.05, 3.63) is 29.6 Å². The first-order valence-electron chi connectivity index (χ1n) is 3.98. The maximum atomic E-state index is 11.2. The van der Waals surface area contributed by atoms with Gasteiger partial charge in [-0.3, -0.25) is 4.79 Å². The van der Waals surface area contributed by atoms with Crippen molar-refractivity contribution in [2.24, 2.45) is 0 Å². The second-order valence-electron chi connectivity index (χ2n) is 2.97. The van der Waals surface area contributed by atoms with Crippen molar-refractivity contribution in [1.82, 2.24) is 0 Å². The van der Waals surface area contributed by atoms with Gasteiger partial charge in [-0.2, -0.15) is 4.57 Å². The van der Waals surface area contributed by atoms with Crippen molar-refractivity contribution in [1.29, 1.82) is 0 Å². The van der Waals surface area contributed by atoms with Gasteiger partial charge in [0.25, 0.3) is 0 Å². The molecule has 1 aliphatic rings. The van der Waals surface area contributed by atoms with Gasteiger partial charge in [0.2, 0.25) is 11.5 Å². The molecule has 1 N–H and O–H groups in total. The lowest BCUT2D eigenvalue weighted by molar-refractivity contribution is -0.689. The summed E-state index contributed by atoms with van der Waals surface area (Å²) in [6.07, 6.45) is 1.98. The molecule has 4 heteroatoms. The number of pyridine rings is 1. The van der Waals surface area contributed by atoms with Crippen LogP contribution in [0.15, 0.2) is 18.3 Å². The number of aryl methyl sites for hydroxylation is 1. The van der Waals surface area contributed by atoms with E-state index in [-0.39, 0.29) is 11.3 Å². The summed E-state index contributed by atoms with van der Waals surface area (Å²) in [5.41, 5.74) is 0.823. The number of rotatable bonds is 1. The van der Waals surface area contributed by atoms with Crippen molar-refractivity contribution in [2.75, 3.05) is 0 Å². The zero-order valence-electron chi connectivity index (χ0n) is 6.86. The normalized spacial score (nSPS) is 14.3. The van der Waals surface area contributed by atoms with E-state index in [9.17, 15) is 9.59 Å². The quantitative estimate of drug-likeness (QED) is 0.627. The van der Waals surface area contributed by atoms with Crippen LogP contribution in [-0.4, -0.2) is 16.9 Å². The second kappa shape index (κ2) is 2.65. The Morgan fingerprint density at radius 1 is 1.46 bits per heavy atom. The fourth-order valence-corrected chi connectivity index (χ4v) is 1.46. The number of aromatic carboxylic acids is 1. The molecule has 4 nitrogen and oxygen atoms in total. The highest BCUT2D eigenvalue weighted by atomic mass is 16.4. The average molecular weight is 178 g/mol. The number of ketones is 1. The van der Waals surface area contributed by atoms with Crippen LogP contribution < -0.4 is 4.57 Å². The number of nitrogens with zero attached hydrogens (tertiary/aromatic N) is 1. The summed E-state index contributed by atoms with van der Waals surface area (Å²) in [7, 11) is 0. The van der Waals surface area contributed by atoms with Gasteiger partial charge in [0.05, 0.1) is 6.42 Å². The first kappa shape index (κ1) is 7.91. The van der Waals surface area contributed by atoms with Gasteiger partial charge in [-0.15, -0.1) is 0 Å². The molecule has 0 bridgehead atoms. The minimum absolute atomic E-state index is 0.0805. The standard InChI is InChI=1S/C9H7NO3/c11-8-3-4-10-5-6(9(12)13)1-2-7(8)10/h1-2,5H,3-4H2/p+1. The van der Waals surface area contributed by atoms with Crippen molar-refractivity contribution >= 4 is 11.8 Å². The van der Waals surface area contributed by atoms with E-state index in [4.69, 9.17) is 5.11 Å². The lowest BCUT2D eigenvalue weighted by Crippen LogP contribution is -2.34. The third-order valence-corrected chi connectivity index (χ3v) is 2.14. The van der Waals surface area contributed by atoms with Gasteiger partial charge in [0.15, 0.2) is 12.7 Å². The Hall–Kier alpha value is -1.71. The number of hydrogen-bond acceptors (Lipinski definition) is 2. The van der Waals surface area contributed by atoms with Gasteiger partial charge >= 0.3 is 5.97 Å². The van der Waals surface area contributed by atoms with E-state index in [0.29, 0.717) is 18.7 Å². The maximum Gasteiger partial charge on any atom is 0.341 e. The highest BCUT2D eigenvalue weighted by Gasteiger charge is 2.28. The van der Waals surface area contributed by atoms with E-state index in [2.05, 4.69) is 0 Å². The molecule has 0 unspecified atom stereocenters. The molecule has 0 atom stereocenters. The predicted molar refractivity (Wildman–Crippen MR) is 42.5 cm³/mol. The molecular formula is C9H8NO3+. The summed E-state index contributed by atoms with van der Waals surface area (Å²) in [5.74, 6) is -0.883. The highest BCUT2D eigenvalue weighted by molar-refractivity contribution is 5.94. The van der Waals surface area contributed by atoms with Crippen LogP contribution in [0.3, 0.4) is 0 Å². The number of aromatic nitrogens is 1. The SMILES string of the molecule is O=C(O)c1ccc2[n+](c1)CCC2=O. The molecule has 0 aromatic carbocycles. The Morgan fingerprint density at radius 3 is 2.92 bits per heavy atom. The number of Topliss-reactive ketones (excluding diaryl/α,β-unsaturated/α-hetero) is 1. The Labute approximate surface area is 74.4 Å². The van der Waals surface area contributed by atoms with E-state index < -0.39 is 5.97 Å². The third-order valence-electron chi connectivity index (χ3n) is 2.14. The number of hydrogen-bond donors (Lipinski definition) is 1.